The van der Waals surface area contributed by atoms with Crippen LogP contribution in [0.5, 0.6) is 0 Å². The average molecular weight is 251 g/mol. The summed E-state index contributed by atoms with van der Waals surface area (Å²) in [4.78, 5) is 11.9. The van der Waals surface area contributed by atoms with Crippen molar-refractivity contribution < 1.29 is 4.79 Å². The summed E-state index contributed by atoms with van der Waals surface area (Å²) in [5.41, 5.74) is 1.98. The van der Waals surface area contributed by atoms with E-state index in [2.05, 4.69) is 31.2 Å². The molecule has 0 spiro atoms. The highest BCUT2D eigenvalue weighted by Crippen LogP contribution is 2.06. The zero-order chi connectivity index (χ0) is 13.7. The van der Waals surface area contributed by atoms with Gasteiger partial charge in [0, 0.05) is 11.7 Å². The van der Waals surface area contributed by atoms with E-state index in [9.17, 15) is 4.79 Å². The molecule has 4 nitrogen and oxygen atoms in total. The molecule has 102 valence electrons. The summed E-state index contributed by atoms with van der Waals surface area (Å²) in [6, 6.07) is 2.21. The van der Waals surface area contributed by atoms with Gasteiger partial charge >= 0.3 is 0 Å². The van der Waals surface area contributed by atoms with Gasteiger partial charge in [0.1, 0.15) is 6.54 Å². The van der Waals surface area contributed by atoms with Crippen LogP contribution in [0.1, 0.15) is 45.0 Å². The third kappa shape index (κ3) is 4.90. The van der Waals surface area contributed by atoms with Gasteiger partial charge in [0.05, 0.1) is 5.69 Å². The maximum absolute atomic E-state index is 11.9. The molecule has 0 saturated heterocycles. The second kappa shape index (κ2) is 6.57. The van der Waals surface area contributed by atoms with Crippen molar-refractivity contribution in [2.45, 2.75) is 60.0 Å². The van der Waals surface area contributed by atoms with Gasteiger partial charge in [-0.05, 0) is 45.6 Å². The highest BCUT2D eigenvalue weighted by molar-refractivity contribution is 5.76. The summed E-state index contributed by atoms with van der Waals surface area (Å²) in [6.45, 7) is 10.7. The Labute approximate surface area is 110 Å². The Morgan fingerprint density at radius 3 is 2.50 bits per heavy atom. The van der Waals surface area contributed by atoms with Crippen LogP contribution in [0.25, 0.3) is 0 Å². The topological polar surface area (TPSA) is 46.9 Å². The number of hydrogen-bond donors (Lipinski definition) is 1. The van der Waals surface area contributed by atoms with E-state index in [4.69, 9.17) is 0 Å². The molecule has 0 aliphatic rings. The quantitative estimate of drug-likeness (QED) is 0.844. The fraction of sp³-hybridized carbons (Fsp3) is 0.714. The van der Waals surface area contributed by atoms with Gasteiger partial charge in [-0.3, -0.25) is 9.48 Å². The van der Waals surface area contributed by atoms with Crippen LogP contribution in [0.15, 0.2) is 6.07 Å². The number of nitrogens with one attached hydrogen (secondary N) is 1. The Morgan fingerprint density at radius 1 is 1.33 bits per heavy atom. The van der Waals surface area contributed by atoms with E-state index in [1.807, 2.05) is 19.9 Å². The zero-order valence-corrected chi connectivity index (χ0v) is 12.2. The van der Waals surface area contributed by atoms with Crippen LogP contribution in [0.2, 0.25) is 0 Å². The summed E-state index contributed by atoms with van der Waals surface area (Å²) < 4.78 is 1.75. The monoisotopic (exact) mass is 251 g/mol. The normalized spacial score (nSPS) is 12.8. The van der Waals surface area contributed by atoms with Crippen LogP contribution in [0.4, 0.5) is 0 Å². The Balaban J connectivity index is 2.39. The fourth-order valence-electron chi connectivity index (χ4n) is 1.95. The molecule has 1 aromatic rings. The van der Waals surface area contributed by atoms with Gasteiger partial charge in [-0.25, -0.2) is 0 Å². The second-order valence-electron chi connectivity index (χ2n) is 5.52. The first-order chi connectivity index (χ1) is 8.38. The molecule has 1 rings (SSSR count). The van der Waals surface area contributed by atoms with Crippen LogP contribution >= 0.6 is 0 Å². The molecule has 0 radical (unpaired) electrons. The van der Waals surface area contributed by atoms with Crippen molar-refractivity contribution in [3.05, 3.63) is 17.5 Å². The van der Waals surface area contributed by atoms with Crippen molar-refractivity contribution in [1.82, 2.24) is 15.1 Å². The smallest absolute Gasteiger partial charge is 0.241 e. The van der Waals surface area contributed by atoms with E-state index < -0.39 is 0 Å². The number of rotatable bonds is 6. The van der Waals surface area contributed by atoms with E-state index >= 15 is 0 Å². The van der Waals surface area contributed by atoms with Gasteiger partial charge in [0.2, 0.25) is 5.91 Å². The maximum Gasteiger partial charge on any atom is 0.241 e. The minimum Gasteiger partial charge on any atom is -0.352 e. The van der Waals surface area contributed by atoms with Gasteiger partial charge in [-0.2, -0.15) is 5.10 Å². The first kappa shape index (κ1) is 14.7. The third-order valence-electron chi connectivity index (χ3n) is 2.98. The van der Waals surface area contributed by atoms with Gasteiger partial charge in [0.25, 0.3) is 0 Å². The van der Waals surface area contributed by atoms with Gasteiger partial charge in [-0.15, -0.1) is 0 Å². The molecule has 0 aromatic carbocycles. The molecule has 0 fully saturated rings. The van der Waals surface area contributed by atoms with Crippen molar-refractivity contribution >= 4 is 5.91 Å². The minimum atomic E-state index is 0.0393. The molecular formula is C14H25N3O. The molecule has 1 heterocycles. The predicted molar refractivity (Wildman–Crippen MR) is 73.4 cm³/mol. The third-order valence-corrected chi connectivity index (χ3v) is 2.98. The van der Waals surface area contributed by atoms with E-state index in [0.29, 0.717) is 12.5 Å². The van der Waals surface area contributed by atoms with Gasteiger partial charge in [-0.1, -0.05) is 13.8 Å². The molecule has 18 heavy (non-hydrogen) atoms. The summed E-state index contributed by atoms with van der Waals surface area (Å²) in [7, 11) is 0. The summed E-state index contributed by atoms with van der Waals surface area (Å²) in [6.07, 6.45) is 2.17. The number of nitrogens with zero attached hydrogens (tertiary/aromatic N) is 2. The van der Waals surface area contributed by atoms with E-state index in [1.165, 1.54) is 0 Å². The lowest BCUT2D eigenvalue weighted by molar-refractivity contribution is -0.122. The van der Waals surface area contributed by atoms with Crippen LogP contribution in [0.3, 0.4) is 0 Å². The predicted octanol–water partition coefficient (Wildman–Crippen LogP) is 2.44. The number of carbonyl (C=O) groups excluding carboxylic acids is 1. The number of aromatic nitrogens is 2. The molecule has 0 bridgehead atoms. The number of hydrogen-bond acceptors (Lipinski definition) is 2. The molecular weight excluding hydrogens is 226 g/mol. The second-order valence-corrected chi connectivity index (χ2v) is 5.52. The molecule has 4 heteroatoms. The standard InChI is InChI=1S/C14H25N3O/c1-10(2)6-7-11(3)15-14(18)9-17-13(5)8-12(4)16-17/h8,10-11H,6-7,9H2,1-5H3,(H,15,18). The van der Waals surface area contributed by atoms with Gasteiger partial charge < -0.3 is 5.32 Å². The van der Waals surface area contributed by atoms with Gasteiger partial charge in [0.15, 0.2) is 0 Å². The van der Waals surface area contributed by atoms with Crippen molar-refractivity contribution in [2.75, 3.05) is 0 Å². The summed E-state index contributed by atoms with van der Waals surface area (Å²) in [5.74, 6) is 0.720. The molecule has 0 aliphatic heterocycles. The van der Waals surface area contributed by atoms with Crippen LogP contribution < -0.4 is 5.32 Å². The molecule has 1 aromatic heterocycles. The first-order valence-corrected chi connectivity index (χ1v) is 6.69. The minimum absolute atomic E-state index is 0.0393. The van der Waals surface area contributed by atoms with E-state index in [0.717, 1.165) is 24.2 Å². The van der Waals surface area contributed by atoms with Crippen molar-refractivity contribution in [3.8, 4) is 0 Å². The summed E-state index contributed by atoms with van der Waals surface area (Å²) in [5, 5.41) is 7.31. The Kier molecular flexibility index (Phi) is 5.38. The lowest BCUT2D eigenvalue weighted by Crippen LogP contribution is -2.35. The van der Waals surface area contributed by atoms with E-state index in [-0.39, 0.29) is 11.9 Å². The zero-order valence-electron chi connectivity index (χ0n) is 12.2. The van der Waals surface area contributed by atoms with E-state index in [1.54, 1.807) is 4.68 Å². The SMILES string of the molecule is Cc1cc(C)n(CC(=O)NC(C)CCC(C)C)n1. The number of amides is 1. The largest absolute Gasteiger partial charge is 0.352 e. The van der Waals surface area contributed by atoms with Crippen LogP contribution in [-0.2, 0) is 11.3 Å². The molecule has 0 aliphatic carbocycles. The Morgan fingerprint density at radius 2 is 2.00 bits per heavy atom. The lowest BCUT2D eigenvalue weighted by atomic mass is 10.0. The lowest BCUT2D eigenvalue weighted by Gasteiger charge is -2.15. The average Bonchev–Trinajstić information content (AvgIpc) is 2.54. The molecule has 1 amide bonds. The van der Waals surface area contributed by atoms with Crippen LogP contribution in [-0.4, -0.2) is 21.7 Å². The first-order valence-electron chi connectivity index (χ1n) is 6.69. The van der Waals surface area contributed by atoms with Crippen molar-refractivity contribution in [2.24, 2.45) is 5.92 Å². The Hall–Kier alpha value is -1.32. The maximum atomic E-state index is 11.9. The fourth-order valence-corrected chi connectivity index (χ4v) is 1.95. The highest BCUT2D eigenvalue weighted by Gasteiger charge is 2.10. The summed E-state index contributed by atoms with van der Waals surface area (Å²) >= 11 is 0. The number of carbonyl (C=O) groups is 1. The van der Waals surface area contributed by atoms with Crippen molar-refractivity contribution in [3.63, 3.8) is 0 Å². The highest BCUT2D eigenvalue weighted by atomic mass is 16.2. The molecule has 1 N–H and O–H groups in total. The molecule has 0 saturated carbocycles. The molecule has 1 atom stereocenters. The van der Waals surface area contributed by atoms with Crippen molar-refractivity contribution in [1.29, 1.82) is 0 Å². The molecule has 1 unspecified atom stereocenters. The Bertz CT molecular complexity index is 396. The number of aryl methyl sites for hydroxylation is 2. The van der Waals surface area contributed by atoms with Crippen LogP contribution in [0, 0.1) is 19.8 Å².